The monoisotopic (exact) mass is 1510 g/mol. The molecule has 0 N–H and O–H groups in total. The molecule has 560 valence electrons. The van der Waals surface area contributed by atoms with Crippen LogP contribution in [0.4, 0.5) is 51.2 Å². The molecule has 9 aliphatic heterocycles. The fraction of sp³-hybridized carbons (Fsp3) is 0.0930. The van der Waals surface area contributed by atoms with Crippen LogP contribution in [0.15, 0.2) is 261 Å². The molecule has 0 radical (unpaired) electrons. The summed E-state index contributed by atoms with van der Waals surface area (Å²) in [5, 5.41) is 0. The lowest BCUT2D eigenvalue weighted by molar-refractivity contribution is -0.121. The molecule has 16 rings (SSSR count). The number of anilines is 9. The number of hydrogen-bond donors (Lipinski definition) is 0. The van der Waals surface area contributed by atoms with Crippen LogP contribution in [0.2, 0.25) is 0 Å². The summed E-state index contributed by atoms with van der Waals surface area (Å²) < 4.78 is 0. The lowest BCUT2D eigenvalue weighted by Gasteiger charge is -2.23. The molecule has 0 atom stereocenters. The molecule has 18 amide bonds. The van der Waals surface area contributed by atoms with Crippen LogP contribution in [0.25, 0.3) is 0 Å². The van der Waals surface area contributed by atoms with E-state index in [1.807, 2.05) is 82.3 Å². The summed E-state index contributed by atoms with van der Waals surface area (Å²) in [6.07, 6.45) is 24.9. The molecule has 113 heavy (non-hydrogen) atoms. The quantitative estimate of drug-likeness (QED) is 0.0872. The maximum atomic E-state index is 12.2. The first-order chi connectivity index (χ1) is 54.2. The summed E-state index contributed by atoms with van der Waals surface area (Å²) in [5.74, 6) is -6.69. The highest BCUT2D eigenvalue weighted by atomic mass is 16.2. The lowest BCUT2D eigenvalue weighted by atomic mass is 9.93. The van der Waals surface area contributed by atoms with Gasteiger partial charge in [0.05, 0.1) is 51.2 Å². The minimum Gasteiger partial charge on any atom is -0.269 e. The van der Waals surface area contributed by atoms with Crippen molar-refractivity contribution in [3.63, 3.8) is 0 Å². The zero-order valence-electron chi connectivity index (χ0n) is 60.5. The number of rotatable bonds is 15. The second-order valence-electron chi connectivity index (χ2n) is 25.7. The third-order valence-corrected chi connectivity index (χ3v) is 18.3. The van der Waals surface area contributed by atoms with Gasteiger partial charge in [-0.25, -0.2) is 44.1 Å². The molecule has 27 heteroatoms. The average Bonchev–Trinajstić information content (AvgIpc) is 1.77. The van der Waals surface area contributed by atoms with E-state index in [0.717, 1.165) is 78.8 Å². The molecule has 0 bridgehead atoms. The van der Waals surface area contributed by atoms with E-state index < -0.39 is 47.3 Å². The zero-order chi connectivity index (χ0) is 80.6. The Morgan fingerprint density at radius 1 is 0.195 bits per heavy atom. The van der Waals surface area contributed by atoms with Crippen molar-refractivity contribution in [2.75, 3.05) is 44.1 Å². The van der Waals surface area contributed by atoms with Gasteiger partial charge in [-0.15, -0.1) is 0 Å². The number of amides is 18. The maximum Gasteiger partial charge on any atom is 0.258 e. The Morgan fingerprint density at radius 3 is 0.628 bits per heavy atom. The van der Waals surface area contributed by atoms with Crippen molar-refractivity contribution in [1.82, 2.24) is 0 Å². The van der Waals surface area contributed by atoms with Crippen LogP contribution in [0.5, 0.6) is 0 Å². The van der Waals surface area contributed by atoms with Gasteiger partial charge in [0.1, 0.15) is 0 Å². The molecular weight excluding hydrogens is 1450 g/mol. The first-order valence-corrected chi connectivity index (χ1v) is 34.9. The molecule has 7 aromatic carbocycles. The van der Waals surface area contributed by atoms with Crippen LogP contribution in [-0.4, -0.2) is 106 Å². The van der Waals surface area contributed by atoms with E-state index in [4.69, 9.17) is 0 Å². The number of hydrogen-bond acceptors (Lipinski definition) is 18. The van der Waals surface area contributed by atoms with E-state index in [9.17, 15) is 86.3 Å². The van der Waals surface area contributed by atoms with Gasteiger partial charge in [0, 0.05) is 109 Å². The summed E-state index contributed by atoms with van der Waals surface area (Å²) in [7, 11) is 0. The predicted octanol–water partition coefficient (Wildman–Crippen LogP) is 8.22. The van der Waals surface area contributed by atoms with Crippen LogP contribution >= 0.6 is 0 Å². The van der Waals surface area contributed by atoms with Gasteiger partial charge < -0.3 is 0 Å². The Bertz CT molecular complexity index is 5180. The molecule has 0 spiro atoms. The number of carbonyl (C=O) groups excluding carboxylic acids is 18. The van der Waals surface area contributed by atoms with Gasteiger partial charge >= 0.3 is 0 Å². The number of nitrogens with zero attached hydrogens (tertiary/aromatic N) is 9. The third kappa shape index (κ3) is 16.3. The third-order valence-electron chi connectivity index (χ3n) is 18.3. The Labute approximate surface area is 643 Å². The van der Waals surface area contributed by atoms with Crippen molar-refractivity contribution in [3.8, 4) is 0 Å². The van der Waals surface area contributed by atoms with E-state index >= 15 is 0 Å². The largest absolute Gasteiger partial charge is 0.269 e. The number of aryl methyl sites for hydroxylation is 4. The maximum absolute atomic E-state index is 12.2. The Balaban J connectivity index is 0.000000135. The van der Waals surface area contributed by atoms with Crippen molar-refractivity contribution < 1.29 is 86.3 Å². The predicted molar refractivity (Wildman–Crippen MR) is 414 cm³/mol. The summed E-state index contributed by atoms with van der Waals surface area (Å²) in [4.78, 5) is 221. The standard InChI is InChI=1S/C27H26N2O4.C21H14N2O4.2C14H8N2O4.C10H7NO2/c1-5-20-14-18(11-16(3)26(20)28-22(30)7-8-23(28)31)13-19-12-17(4)27(21(6-2)15-19)29-24(32)9-10-25(29)33;24-18-9-10-19(25)22(18)16-5-1-14(2-6-16)13-15-3-7-17(8-4-15)23-20(26)11-12-21(23)27;17-11-5-6-12(18)15(11)9-1-2-10(4-3-9)16-13(19)7-8-14(16)20;17-11-4-5-12(18)15(11)9-2-1-3-10(8-9)16-13(19)6-7-14(16)20;12-9-6-7-10(13)11(9)8-4-2-1-3-5-8/h7-12,14-15H,5-6,13H2,1-4H3;1-12H,13H2;2*1-8H;1-7H. The van der Waals surface area contributed by atoms with Crippen LogP contribution < -0.4 is 44.1 Å². The van der Waals surface area contributed by atoms with E-state index in [1.165, 1.54) is 150 Å². The first-order valence-electron chi connectivity index (χ1n) is 34.9. The van der Waals surface area contributed by atoms with Crippen molar-refractivity contribution >= 4 is 158 Å². The van der Waals surface area contributed by atoms with Crippen molar-refractivity contribution in [2.45, 2.75) is 53.4 Å². The lowest BCUT2D eigenvalue weighted by Crippen LogP contribution is -2.31. The molecule has 0 saturated heterocycles. The highest BCUT2D eigenvalue weighted by Crippen LogP contribution is 2.36. The summed E-state index contributed by atoms with van der Waals surface area (Å²) in [6, 6.07) is 43.6. The van der Waals surface area contributed by atoms with Crippen molar-refractivity contribution in [3.05, 3.63) is 306 Å². The molecule has 0 aliphatic carbocycles. The molecule has 9 aliphatic rings. The Hall–Kier alpha value is -15.5. The Kier molecular flexibility index (Phi) is 22.4. The number of carbonyl (C=O) groups is 18. The van der Waals surface area contributed by atoms with Crippen molar-refractivity contribution in [1.29, 1.82) is 0 Å². The van der Waals surface area contributed by atoms with E-state index in [-0.39, 0.29) is 59.1 Å². The summed E-state index contributed by atoms with van der Waals surface area (Å²) in [6.45, 7) is 7.85. The minimum atomic E-state index is -0.454. The smallest absolute Gasteiger partial charge is 0.258 e. The molecule has 0 saturated carbocycles. The van der Waals surface area contributed by atoms with Gasteiger partial charge in [0.15, 0.2) is 0 Å². The molecule has 0 unspecified atom stereocenters. The van der Waals surface area contributed by atoms with E-state index in [1.54, 1.807) is 66.7 Å². The van der Waals surface area contributed by atoms with Crippen LogP contribution in [-0.2, 0) is 112 Å². The van der Waals surface area contributed by atoms with Gasteiger partial charge in [-0.1, -0.05) is 86.6 Å². The summed E-state index contributed by atoms with van der Waals surface area (Å²) >= 11 is 0. The van der Waals surface area contributed by atoms with Crippen LogP contribution in [0, 0.1) is 13.8 Å². The van der Waals surface area contributed by atoms with Gasteiger partial charge in [0.2, 0.25) is 0 Å². The zero-order valence-corrected chi connectivity index (χ0v) is 60.5. The van der Waals surface area contributed by atoms with Crippen LogP contribution in [0.3, 0.4) is 0 Å². The topological polar surface area (TPSA) is 336 Å². The normalized spacial score (nSPS) is 16.5. The highest BCUT2D eigenvalue weighted by molar-refractivity contribution is 6.34. The molecule has 27 nitrogen and oxygen atoms in total. The number of para-hydroxylation sites is 1. The van der Waals surface area contributed by atoms with E-state index in [0.29, 0.717) is 76.9 Å². The average molecular weight is 1510 g/mol. The van der Waals surface area contributed by atoms with Gasteiger partial charge in [-0.3, -0.25) is 86.3 Å². The van der Waals surface area contributed by atoms with E-state index in [2.05, 4.69) is 0 Å². The molecule has 7 aromatic rings. The van der Waals surface area contributed by atoms with Gasteiger partial charge in [-0.05, 0) is 163 Å². The fourth-order valence-corrected chi connectivity index (χ4v) is 13.2. The van der Waals surface area contributed by atoms with Gasteiger partial charge in [-0.2, -0.15) is 0 Å². The molecule has 0 aromatic heterocycles. The van der Waals surface area contributed by atoms with Crippen molar-refractivity contribution in [2.24, 2.45) is 0 Å². The number of benzene rings is 7. The first kappa shape index (κ1) is 77.1. The molecule has 0 fully saturated rings. The second kappa shape index (κ2) is 32.9. The SMILES string of the molecule is CCc1cc(Cc2cc(C)c(N3C(=O)C=CC3=O)c(CC)c2)cc(C)c1N1C(=O)C=CC1=O.O=C1C=CC(=O)N1c1ccc(Cc2ccc(N3C(=O)C=CC3=O)cc2)cc1.O=C1C=CC(=O)N1c1ccc(N2C(=O)C=CC2=O)cc1.O=C1C=CC(=O)N1c1cccc(N2C(=O)C=CC2=O)c1.O=C1C=CC(=O)N1c1ccccc1. The fourth-order valence-electron chi connectivity index (χ4n) is 13.2. The summed E-state index contributed by atoms with van der Waals surface area (Å²) in [5.41, 5.74) is 12.2. The second-order valence-corrected chi connectivity index (χ2v) is 25.7. The highest BCUT2D eigenvalue weighted by Gasteiger charge is 2.35. The number of imide groups is 9. The van der Waals surface area contributed by atoms with Crippen LogP contribution in [0.1, 0.15) is 58.4 Å². The van der Waals surface area contributed by atoms with Gasteiger partial charge in [0.25, 0.3) is 106 Å². The molecular formula is C86H63N9O18. The molecule has 9 heterocycles. The minimum absolute atomic E-state index is 0.281. The Morgan fingerprint density at radius 2 is 0.389 bits per heavy atom.